The molecule has 2 heterocycles. The van der Waals surface area contributed by atoms with Crippen molar-refractivity contribution in [1.29, 1.82) is 0 Å². The second-order valence-electron chi connectivity index (χ2n) is 9.64. The fraction of sp³-hybridized carbons (Fsp3) is 0.281. The minimum absolute atomic E-state index is 0.00535. The molecule has 3 aromatic carbocycles. The van der Waals surface area contributed by atoms with Gasteiger partial charge in [-0.15, -0.1) is 0 Å². The maximum Gasteiger partial charge on any atom is 0.354 e. The minimum atomic E-state index is -1.06. The number of carboxylic acid groups (broad SMARTS) is 1. The fourth-order valence-corrected chi connectivity index (χ4v) is 4.90. The summed E-state index contributed by atoms with van der Waals surface area (Å²) in [6.45, 7) is 3.48. The Kier molecular flexibility index (Phi) is 7.98. The summed E-state index contributed by atoms with van der Waals surface area (Å²) >= 11 is 0. The number of hydrogen-bond donors (Lipinski definition) is 1. The van der Waals surface area contributed by atoms with Crippen molar-refractivity contribution in [2.45, 2.75) is 52.0 Å². The molecule has 0 amide bonds. The number of hydrogen-bond acceptors (Lipinski definition) is 4. The number of pyridine rings is 1. The zero-order valence-electron chi connectivity index (χ0n) is 21.8. The number of benzene rings is 3. The highest BCUT2D eigenvalue weighted by Gasteiger charge is 2.17. The first-order valence-electron chi connectivity index (χ1n) is 13.4. The van der Waals surface area contributed by atoms with Crippen molar-refractivity contribution < 1.29 is 14.6 Å². The molecule has 0 atom stereocenters. The third-order valence-electron chi connectivity index (χ3n) is 6.89. The first kappa shape index (κ1) is 25.5. The van der Waals surface area contributed by atoms with Gasteiger partial charge < -0.3 is 14.4 Å². The Morgan fingerprint density at radius 1 is 0.868 bits per heavy atom. The number of fused-ring (bicyclic) bond motifs is 2. The van der Waals surface area contributed by atoms with Crippen LogP contribution in [0, 0.1) is 0 Å². The zero-order valence-corrected chi connectivity index (χ0v) is 21.8. The highest BCUT2D eigenvalue weighted by atomic mass is 16.5. The van der Waals surface area contributed by atoms with E-state index < -0.39 is 5.97 Å². The molecule has 194 valence electrons. The predicted molar refractivity (Wildman–Crippen MR) is 152 cm³/mol. The van der Waals surface area contributed by atoms with E-state index in [1.54, 1.807) is 6.07 Å². The molecule has 5 rings (SSSR count). The molecule has 0 aliphatic rings. The van der Waals surface area contributed by atoms with E-state index in [-0.39, 0.29) is 5.69 Å². The Balaban J connectivity index is 1.50. The molecule has 6 nitrogen and oxygen atoms in total. The molecule has 1 N–H and O–H groups in total. The van der Waals surface area contributed by atoms with E-state index in [4.69, 9.17) is 9.72 Å². The van der Waals surface area contributed by atoms with Crippen LogP contribution in [0.2, 0.25) is 0 Å². The SMILES string of the molecule is CCCCCCCCOc1ccc2nc(-c3cccc(C(=O)O)n3)n(Cc3cccc4ccccc34)c2c1. The number of unbranched alkanes of at least 4 members (excludes halogenated alkanes) is 5. The van der Waals surface area contributed by atoms with E-state index in [0.29, 0.717) is 24.7 Å². The summed E-state index contributed by atoms with van der Waals surface area (Å²) in [6, 6.07) is 25.6. The van der Waals surface area contributed by atoms with Gasteiger partial charge in [-0.25, -0.2) is 14.8 Å². The molecule has 2 aromatic heterocycles. The summed E-state index contributed by atoms with van der Waals surface area (Å²) < 4.78 is 8.24. The van der Waals surface area contributed by atoms with Crippen LogP contribution in [0.1, 0.15) is 61.5 Å². The van der Waals surface area contributed by atoms with E-state index in [0.717, 1.165) is 28.8 Å². The van der Waals surface area contributed by atoms with E-state index in [9.17, 15) is 9.90 Å². The summed E-state index contributed by atoms with van der Waals surface area (Å²) in [4.78, 5) is 20.9. The van der Waals surface area contributed by atoms with Gasteiger partial charge in [0.15, 0.2) is 5.82 Å². The molecule has 0 fully saturated rings. The second kappa shape index (κ2) is 11.9. The predicted octanol–water partition coefficient (Wildman–Crippen LogP) is 7.74. The Labute approximate surface area is 222 Å². The van der Waals surface area contributed by atoms with Gasteiger partial charge in [0.25, 0.3) is 0 Å². The highest BCUT2D eigenvalue weighted by Crippen LogP contribution is 2.30. The van der Waals surface area contributed by atoms with Gasteiger partial charge >= 0.3 is 5.97 Å². The van der Waals surface area contributed by atoms with Crippen molar-refractivity contribution in [3.05, 3.63) is 90.1 Å². The lowest BCUT2D eigenvalue weighted by Gasteiger charge is -2.13. The largest absolute Gasteiger partial charge is 0.494 e. The van der Waals surface area contributed by atoms with E-state index in [1.165, 1.54) is 48.9 Å². The number of imidazole rings is 1. The van der Waals surface area contributed by atoms with Crippen molar-refractivity contribution in [3.8, 4) is 17.3 Å². The lowest BCUT2D eigenvalue weighted by atomic mass is 10.0. The number of aromatic nitrogens is 3. The topological polar surface area (TPSA) is 77.2 Å². The number of carbonyl (C=O) groups is 1. The average Bonchev–Trinajstić information content (AvgIpc) is 3.30. The standard InChI is InChI=1S/C32H33N3O3/c1-2-3-4-5-6-9-20-38-25-18-19-27-30(21-25)35(22-24-14-10-13-23-12-7-8-15-26(23)24)31(34-27)28-16-11-17-29(33-28)32(36)37/h7-8,10-19,21H,2-6,9,20,22H2,1H3,(H,36,37). The fourth-order valence-electron chi connectivity index (χ4n) is 4.90. The molecule has 5 aromatic rings. The third kappa shape index (κ3) is 5.70. The van der Waals surface area contributed by atoms with Crippen molar-refractivity contribution in [2.75, 3.05) is 6.61 Å². The van der Waals surface area contributed by atoms with Crippen molar-refractivity contribution in [1.82, 2.24) is 14.5 Å². The minimum Gasteiger partial charge on any atom is -0.494 e. The van der Waals surface area contributed by atoms with Crippen LogP contribution < -0.4 is 4.74 Å². The normalized spacial score (nSPS) is 11.3. The van der Waals surface area contributed by atoms with Gasteiger partial charge in [-0.2, -0.15) is 0 Å². The number of ether oxygens (including phenoxy) is 1. The number of carboxylic acids is 1. The van der Waals surface area contributed by atoms with E-state index in [2.05, 4.69) is 46.8 Å². The van der Waals surface area contributed by atoms with Gasteiger partial charge in [-0.1, -0.05) is 87.6 Å². The number of nitrogens with zero attached hydrogens (tertiary/aromatic N) is 3. The molecule has 0 aliphatic heterocycles. The van der Waals surface area contributed by atoms with Crippen LogP contribution >= 0.6 is 0 Å². The van der Waals surface area contributed by atoms with Gasteiger partial charge in [0.1, 0.15) is 17.1 Å². The van der Waals surface area contributed by atoms with Crippen molar-refractivity contribution in [2.24, 2.45) is 0 Å². The Morgan fingerprint density at radius 2 is 1.66 bits per heavy atom. The molecule has 0 radical (unpaired) electrons. The summed E-state index contributed by atoms with van der Waals surface area (Å²) in [6.07, 6.45) is 7.30. The lowest BCUT2D eigenvalue weighted by Crippen LogP contribution is -2.06. The number of rotatable bonds is 12. The molecular formula is C32H33N3O3. The van der Waals surface area contributed by atoms with E-state index in [1.807, 2.05) is 36.4 Å². The first-order valence-corrected chi connectivity index (χ1v) is 13.4. The van der Waals surface area contributed by atoms with E-state index >= 15 is 0 Å². The van der Waals surface area contributed by atoms with Gasteiger partial charge in [0.2, 0.25) is 0 Å². The van der Waals surface area contributed by atoms with Crippen LogP contribution in [0.25, 0.3) is 33.3 Å². The molecule has 0 unspecified atom stereocenters. The smallest absolute Gasteiger partial charge is 0.354 e. The molecule has 0 aliphatic carbocycles. The molecule has 0 saturated carbocycles. The summed E-state index contributed by atoms with van der Waals surface area (Å²) in [5.41, 5.74) is 3.41. The zero-order chi connectivity index (χ0) is 26.3. The van der Waals surface area contributed by atoms with Gasteiger partial charge in [-0.05, 0) is 47.0 Å². The molecule has 0 spiro atoms. The Bertz CT molecular complexity index is 1550. The van der Waals surface area contributed by atoms with Gasteiger partial charge in [0.05, 0.1) is 24.2 Å². The summed E-state index contributed by atoms with van der Waals surface area (Å²) in [7, 11) is 0. The van der Waals surface area contributed by atoms with Crippen LogP contribution in [0.15, 0.2) is 78.9 Å². The lowest BCUT2D eigenvalue weighted by molar-refractivity contribution is 0.0690. The summed E-state index contributed by atoms with van der Waals surface area (Å²) in [5.74, 6) is 0.377. The van der Waals surface area contributed by atoms with Crippen LogP contribution in [-0.2, 0) is 6.54 Å². The van der Waals surface area contributed by atoms with Crippen LogP contribution in [0.5, 0.6) is 5.75 Å². The maximum atomic E-state index is 11.6. The Hall–Kier alpha value is -4.19. The van der Waals surface area contributed by atoms with Crippen molar-refractivity contribution in [3.63, 3.8) is 0 Å². The maximum absolute atomic E-state index is 11.6. The average molecular weight is 508 g/mol. The van der Waals surface area contributed by atoms with Crippen molar-refractivity contribution >= 4 is 27.8 Å². The summed E-state index contributed by atoms with van der Waals surface area (Å²) in [5, 5.41) is 11.9. The van der Waals surface area contributed by atoms with Gasteiger partial charge in [-0.3, -0.25) is 0 Å². The van der Waals surface area contributed by atoms with Crippen LogP contribution in [0.4, 0.5) is 0 Å². The molecule has 6 heteroatoms. The molecule has 0 bridgehead atoms. The quantitative estimate of drug-likeness (QED) is 0.175. The van der Waals surface area contributed by atoms with Gasteiger partial charge in [0, 0.05) is 6.07 Å². The Morgan fingerprint density at radius 3 is 2.53 bits per heavy atom. The molecule has 0 saturated heterocycles. The number of aromatic carboxylic acids is 1. The van der Waals surface area contributed by atoms with Crippen LogP contribution in [0.3, 0.4) is 0 Å². The first-order chi connectivity index (χ1) is 18.6. The van der Waals surface area contributed by atoms with Crippen LogP contribution in [-0.4, -0.2) is 32.2 Å². The third-order valence-corrected chi connectivity index (χ3v) is 6.89. The monoisotopic (exact) mass is 507 g/mol. The molecular weight excluding hydrogens is 474 g/mol. The second-order valence-corrected chi connectivity index (χ2v) is 9.64. The molecule has 38 heavy (non-hydrogen) atoms. The highest BCUT2D eigenvalue weighted by molar-refractivity contribution is 5.88.